The van der Waals surface area contributed by atoms with Crippen LogP contribution >= 0.6 is 0 Å². The SMILES string of the molecule is O=C(Cc1cc(-c2ccccc2)on1)N[C@H](C(=O)N1CCCC1)c1ccccc1. The Kier molecular flexibility index (Phi) is 5.70. The van der Waals surface area contributed by atoms with Gasteiger partial charge in [0.05, 0.1) is 12.1 Å². The van der Waals surface area contributed by atoms with E-state index in [-0.39, 0.29) is 18.2 Å². The van der Waals surface area contributed by atoms with Crippen LogP contribution in [0.25, 0.3) is 11.3 Å². The topological polar surface area (TPSA) is 75.4 Å². The minimum atomic E-state index is -0.692. The summed E-state index contributed by atoms with van der Waals surface area (Å²) in [6.45, 7) is 1.48. The van der Waals surface area contributed by atoms with Crippen LogP contribution in [0.2, 0.25) is 0 Å². The van der Waals surface area contributed by atoms with Crippen LogP contribution in [0.5, 0.6) is 0 Å². The average molecular weight is 389 g/mol. The first-order chi connectivity index (χ1) is 14.2. The van der Waals surface area contributed by atoms with Crippen molar-refractivity contribution in [2.45, 2.75) is 25.3 Å². The zero-order valence-electron chi connectivity index (χ0n) is 16.1. The Bertz CT molecular complexity index is 963. The average Bonchev–Trinajstić information content (AvgIpc) is 3.45. The number of carbonyl (C=O) groups is 2. The summed E-state index contributed by atoms with van der Waals surface area (Å²) in [6, 6.07) is 20.0. The van der Waals surface area contributed by atoms with Gasteiger partial charge in [0.2, 0.25) is 11.8 Å². The molecule has 0 saturated carbocycles. The van der Waals surface area contributed by atoms with E-state index in [4.69, 9.17) is 4.52 Å². The third-order valence-electron chi connectivity index (χ3n) is 5.06. The Morgan fingerprint density at radius 1 is 1.00 bits per heavy atom. The van der Waals surface area contributed by atoms with Crippen LogP contribution in [0.1, 0.15) is 30.1 Å². The predicted octanol–water partition coefficient (Wildman–Crippen LogP) is 3.36. The highest BCUT2D eigenvalue weighted by Crippen LogP contribution is 2.21. The number of nitrogens with zero attached hydrogens (tertiary/aromatic N) is 2. The van der Waals surface area contributed by atoms with Crippen molar-refractivity contribution in [1.82, 2.24) is 15.4 Å². The number of amides is 2. The van der Waals surface area contributed by atoms with Crippen molar-refractivity contribution in [3.8, 4) is 11.3 Å². The normalized spacial score (nSPS) is 14.6. The molecule has 1 aromatic heterocycles. The van der Waals surface area contributed by atoms with Crippen LogP contribution in [-0.4, -0.2) is 35.0 Å². The molecule has 6 nitrogen and oxygen atoms in total. The van der Waals surface area contributed by atoms with Crippen molar-refractivity contribution >= 4 is 11.8 Å². The van der Waals surface area contributed by atoms with Gasteiger partial charge in [0.1, 0.15) is 6.04 Å². The van der Waals surface area contributed by atoms with Gasteiger partial charge < -0.3 is 14.7 Å². The van der Waals surface area contributed by atoms with E-state index in [0.29, 0.717) is 11.5 Å². The summed E-state index contributed by atoms with van der Waals surface area (Å²) in [5, 5.41) is 6.90. The molecular weight excluding hydrogens is 366 g/mol. The minimum Gasteiger partial charge on any atom is -0.356 e. The van der Waals surface area contributed by atoms with Gasteiger partial charge in [-0.25, -0.2) is 0 Å². The fourth-order valence-electron chi connectivity index (χ4n) is 3.56. The molecule has 0 unspecified atom stereocenters. The quantitative estimate of drug-likeness (QED) is 0.701. The maximum Gasteiger partial charge on any atom is 0.249 e. The Morgan fingerprint density at radius 3 is 2.34 bits per heavy atom. The number of hydrogen-bond acceptors (Lipinski definition) is 4. The van der Waals surface area contributed by atoms with Gasteiger partial charge in [-0.1, -0.05) is 65.8 Å². The van der Waals surface area contributed by atoms with Crippen LogP contribution in [0.3, 0.4) is 0 Å². The zero-order valence-corrected chi connectivity index (χ0v) is 16.1. The van der Waals surface area contributed by atoms with Crippen LogP contribution in [0.15, 0.2) is 71.3 Å². The smallest absolute Gasteiger partial charge is 0.249 e. The van der Waals surface area contributed by atoms with E-state index in [1.807, 2.05) is 65.6 Å². The molecule has 2 heterocycles. The Balaban J connectivity index is 1.47. The third kappa shape index (κ3) is 4.54. The Morgan fingerprint density at radius 2 is 1.66 bits per heavy atom. The van der Waals surface area contributed by atoms with Gasteiger partial charge in [0.25, 0.3) is 0 Å². The molecule has 3 aromatic rings. The van der Waals surface area contributed by atoms with Crippen molar-refractivity contribution in [2.24, 2.45) is 0 Å². The van der Waals surface area contributed by atoms with Gasteiger partial charge in [0.15, 0.2) is 5.76 Å². The number of carbonyl (C=O) groups excluding carboxylic acids is 2. The highest BCUT2D eigenvalue weighted by Gasteiger charge is 2.29. The van der Waals surface area contributed by atoms with E-state index < -0.39 is 6.04 Å². The second-order valence-electron chi connectivity index (χ2n) is 7.17. The largest absolute Gasteiger partial charge is 0.356 e. The monoisotopic (exact) mass is 389 g/mol. The lowest BCUT2D eigenvalue weighted by molar-refractivity contribution is -0.135. The fourth-order valence-corrected chi connectivity index (χ4v) is 3.56. The summed E-state index contributed by atoms with van der Waals surface area (Å²) < 4.78 is 5.36. The Labute approximate surface area is 169 Å². The van der Waals surface area contributed by atoms with Crippen molar-refractivity contribution in [1.29, 1.82) is 0 Å². The van der Waals surface area contributed by atoms with Crippen molar-refractivity contribution < 1.29 is 14.1 Å². The molecule has 29 heavy (non-hydrogen) atoms. The maximum absolute atomic E-state index is 13.0. The minimum absolute atomic E-state index is 0.0486. The number of likely N-dealkylation sites (tertiary alicyclic amines) is 1. The fraction of sp³-hybridized carbons (Fsp3) is 0.261. The molecule has 1 saturated heterocycles. The van der Waals surface area contributed by atoms with Gasteiger partial charge in [-0.15, -0.1) is 0 Å². The molecule has 1 aliphatic rings. The number of nitrogens with one attached hydrogen (secondary N) is 1. The highest BCUT2D eigenvalue weighted by molar-refractivity contribution is 5.89. The van der Waals surface area contributed by atoms with E-state index >= 15 is 0 Å². The van der Waals surface area contributed by atoms with Gasteiger partial charge in [0, 0.05) is 24.7 Å². The van der Waals surface area contributed by atoms with Crippen LogP contribution in [0, 0.1) is 0 Å². The first-order valence-electron chi connectivity index (χ1n) is 9.85. The molecule has 4 rings (SSSR count). The summed E-state index contributed by atoms with van der Waals surface area (Å²) in [5.41, 5.74) is 2.21. The van der Waals surface area contributed by atoms with Crippen molar-refractivity contribution in [3.05, 3.63) is 78.0 Å². The van der Waals surface area contributed by atoms with E-state index in [2.05, 4.69) is 10.5 Å². The summed E-state index contributed by atoms with van der Waals surface area (Å²) in [6.07, 6.45) is 2.05. The molecule has 1 fully saturated rings. The molecule has 0 aliphatic carbocycles. The molecule has 1 aliphatic heterocycles. The first-order valence-corrected chi connectivity index (χ1v) is 9.85. The molecule has 1 N–H and O–H groups in total. The lowest BCUT2D eigenvalue weighted by Crippen LogP contribution is -2.42. The van der Waals surface area contributed by atoms with E-state index in [1.165, 1.54) is 0 Å². The molecule has 2 amide bonds. The van der Waals surface area contributed by atoms with Gasteiger partial charge in [-0.05, 0) is 18.4 Å². The molecule has 0 spiro atoms. The molecule has 0 bridgehead atoms. The molecular formula is C23H23N3O3. The van der Waals surface area contributed by atoms with Crippen LogP contribution in [-0.2, 0) is 16.0 Å². The number of aromatic nitrogens is 1. The second-order valence-corrected chi connectivity index (χ2v) is 7.17. The maximum atomic E-state index is 13.0. The summed E-state index contributed by atoms with van der Waals surface area (Å²) in [5.74, 6) is 0.285. The van der Waals surface area contributed by atoms with Gasteiger partial charge >= 0.3 is 0 Å². The predicted molar refractivity (Wildman–Crippen MR) is 109 cm³/mol. The van der Waals surface area contributed by atoms with E-state index in [0.717, 1.165) is 37.1 Å². The molecule has 0 radical (unpaired) electrons. The Hall–Kier alpha value is -3.41. The first kappa shape index (κ1) is 18.9. The van der Waals surface area contributed by atoms with Crippen LogP contribution in [0.4, 0.5) is 0 Å². The lowest BCUT2D eigenvalue weighted by atomic mass is 10.1. The molecule has 1 atom stereocenters. The number of benzene rings is 2. The van der Waals surface area contributed by atoms with Crippen LogP contribution < -0.4 is 5.32 Å². The van der Waals surface area contributed by atoms with Crippen molar-refractivity contribution in [3.63, 3.8) is 0 Å². The second kappa shape index (κ2) is 8.73. The van der Waals surface area contributed by atoms with Crippen molar-refractivity contribution in [2.75, 3.05) is 13.1 Å². The number of hydrogen-bond donors (Lipinski definition) is 1. The van der Waals surface area contributed by atoms with Gasteiger partial charge in [-0.3, -0.25) is 9.59 Å². The molecule has 148 valence electrons. The summed E-state index contributed by atoms with van der Waals surface area (Å²) in [4.78, 5) is 27.5. The van der Waals surface area contributed by atoms with E-state index in [9.17, 15) is 9.59 Å². The summed E-state index contributed by atoms with van der Waals surface area (Å²) >= 11 is 0. The molecule has 2 aromatic carbocycles. The zero-order chi connectivity index (χ0) is 20.1. The standard InChI is InChI=1S/C23H23N3O3/c27-21(16-19-15-20(29-25-19)17-9-3-1-4-10-17)24-22(18-11-5-2-6-12-18)23(28)26-13-7-8-14-26/h1-6,9-12,15,22H,7-8,13-14,16H2,(H,24,27)/t22-/m0/s1. The van der Waals surface area contributed by atoms with Gasteiger partial charge in [-0.2, -0.15) is 0 Å². The third-order valence-corrected chi connectivity index (χ3v) is 5.06. The highest BCUT2D eigenvalue weighted by atomic mass is 16.5. The summed E-state index contributed by atoms with van der Waals surface area (Å²) in [7, 11) is 0. The molecule has 6 heteroatoms. The number of rotatable bonds is 6. The van der Waals surface area contributed by atoms with E-state index in [1.54, 1.807) is 6.07 Å². The lowest BCUT2D eigenvalue weighted by Gasteiger charge is -2.24.